The van der Waals surface area contributed by atoms with Gasteiger partial charge in [-0.3, -0.25) is 24.6 Å². The Kier molecular flexibility index (Phi) is 16.8. The molecule has 4 aromatic rings. The zero-order valence-corrected chi connectivity index (χ0v) is 41.7. The largest absolute Gasteiger partial charge is 0.494 e. The van der Waals surface area contributed by atoms with Crippen LogP contribution in [0.4, 0.5) is 34.5 Å². The number of imide groups is 1. The SMILES string of the molecule is COc1cc(N2CCC(N3CCN(CCCCCCCNc4cccc5c4CC(CCC4CCC(=O)NC4=O)CC5=O)CC3)CC2)ccc1Nc1ncc(Cl)c(Nc2ccccc2P(C)(C)=O)n1. The van der Waals surface area contributed by atoms with Gasteiger partial charge in [-0.05, 0) is 113 Å². The van der Waals surface area contributed by atoms with Gasteiger partial charge in [0, 0.05) is 98.9 Å². The summed E-state index contributed by atoms with van der Waals surface area (Å²) in [7, 11) is -0.868. The molecule has 0 spiro atoms. The minimum atomic E-state index is -2.54. The molecular formula is C52H69ClN9O5P. The molecule has 4 N–H and O–H groups in total. The third kappa shape index (κ3) is 12.8. The summed E-state index contributed by atoms with van der Waals surface area (Å²) in [4.78, 5) is 53.8. The Morgan fingerprint density at radius 3 is 2.37 bits per heavy atom. The van der Waals surface area contributed by atoms with Crippen LogP contribution in [0.3, 0.4) is 0 Å². The topological polar surface area (TPSA) is 161 Å². The van der Waals surface area contributed by atoms with Crippen molar-refractivity contribution in [1.82, 2.24) is 25.1 Å². The monoisotopic (exact) mass is 965 g/mol. The van der Waals surface area contributed by atoms with Crippen molar-refractivity contribution in [1.29, 1.82) is 0 Å². The number of fused-ring (bicyclic) bond motifs is 1. The maximum atomic E-state index is 13.1. The van der Waals surface area contributed by atoms with Crippen molar-refractivity contribution >= 4 is 76.2 Å². The first-order valence-electron chi connectivity index (χ1n) is 24.7. The first kappa shape index (κ1) is 49.4. The number of carbonyl (C=O) groups excluding carboxylic acids is 3. The van der Waals surface area contributed by atoms with Crippen LogP contribution in [-0.2, 0) is 20.6 Å². The molecule has 364 valence electrons. The number of hydrogen-bond donors (Lipinski definition) is 4. The molecular weight excluding hydrogens is 897 g/mol. The number of benzene rings is 3. The molecule has 0 bridgehead atoms. The number of para-hydroxylation sites is 1. The second-order valence-corrected chi connectivity index (χ2v) is 23.0. The number of methoxy groups -OCH3 is 1. The Labute approximate surface area is 407 Å². The van der Waals surface area contributed by atoms with Crippen molar-refractivity contribution in [2.24, 2.45) is 11.8 Å². The first-order chi connectivity index (χ1) is 32.9. The van der Waals surface area contributed by atoms with Crippen molar-refractivity contribution in [3.05, 3.63) is 83.0 Å². The average molecular weight is 967 g/mol. The van der Waals surface area contributed by atoms with Crippen molar-refractivity contribution in [3.63, 3.8) is 0 Å². The molecule has 2 atom stereocenters. The van der Waals surface area contributed by atoms with Gasteiger partial charge in [0.25, 0.3) is 0 Å². The van der Waals surface area contributed by atoms with Crippen LogP contribution >= 0.6 is 18.7 Å². The number of carbonyl (C=O) groups is 3. The van der Waals surface area contributed by atoms with E-state index in [-0.39, 0.29) is 29.4 Å². The summed E-state index contributed by atoms with van der Waals surface area (Å²) in [5.74, 6) is 1.44. The number of ether oxygens (including phenoxy) is 1. The summed E-state index contributed by atoms with van der Waals surface area (Å²) >= 11 is 6.50. The smallest absolute Gasteiger partial charge is 0.229 e. The lowest BCUT2D eigenvalue weighted by Crippen LogP contribution is -2.53. The average Bonchev–Trinajstić information content (AvgIpc) is 3.33. The highest BCUT2D eigenvalue weighted by Gasteiger charge is 2.32. The van der Waals surface area contributed by atoms with E-state index in [1.807, 2.05) is 42.5 Å². The minimum absolute atomic E-state index is 0.131. The molecule has 4 heterocycles. The van der Waals surface area contributed by atoms with Crippen LogP contribution in [-0.4, -0.2) is 116 Å². The molecule has 4 aliphatic rings. The fraction of sp³-hybridized carbons (Fsp3) is 0.519. The van der Waals surface area contributed by atoms with E-state index >= 15 is 0 Å². The van der Waals surface area contributed by atoms with E-state index < -0.39 is 7.14 Å². The van der Waals surface area contributed by atoms with Gasteiger partial charge in [-0.25, -0.2) is 4.98 Å². The number of ketones is 1. The van der Waals surface area contributed by atoms with E-state index in [9.17, 15) is 18.9 Å². The van der Waals surface area contributed by atoms with E-state index in [0.29, 0.717) is 53.5 Å². The molecule has 3 aromatic carbocycles. The number of piperazine rings is 1. The molecule has 2 unspecified atom stereocenters. The van der Waals surface area contributed by atoms with Gasteiger partial charge in [0.15, 0.2) is 11.6 Å². The number of amides is 2. The molecule has 1 aliphatic carbocycles. The summed E-state index contributed by atoms with van der Waals surface area (Å²) in [6, 6.07) is 20.4. The molecule has 0 radical (unpaired) electrons. The van der Waals surface area contributed by atoms with Crippen LogP contribution in [0.5, 0.6) is 5.75 Å². The minimum Gasteiger partial charge on any atom is -0.494 e. The maximum Gasteiger partial charge on any atom is 0.229 e. The Morgan fingerprint density at radius 1 is 0.824 bits per heavy atom. The summed E-state index contributed by atoms with van der Waals surface area (Å²) in [6.45, 7) is 12.1. The van der Waals surface area contributed by atoms with Crippen molar-refractivity contribution in [2.75, 3.05) is 93.6 Å². The second kappa shape index (κ2) is 23.1. The predicted molar refractivity (Wildman–Crippen MR) is 275 cm³/mol. The molecule has 68 heavy (non-hydrogen) atoms. The van der Waals surface area contributed by atoms with Gasteiger partial charge >= 0.3 is 0 Å². The molecule has 2 amide bonds. The summed E-state index contributed by atoms with van der Waals surface area (Å²) in [5, 5.41) is 13.8. The molecule has 3 saturated heterocycles. The van der Waals surface area contributed by atoms with Crippen LogP contribution in [0.2, 0.25) is 5.02 Å². The zero-order valence-electron chi connectivity index (χ0n) is 40.0. The second-order valence-electron chi connectivity index (χ2n) is 19.4. The van der Waals surface area contributed by atoms with Crippen LogP contribution in [0.1, 0.15) is 93.0 Å². The Hall–Kier alpha value is -5.01. The van der Waals surface area contributed by atoms with E-state index in [1.54, 1.807) is 26.6 Å². The highest BCUT2D eigenvalue weighted by molar-refractivity contribution is 7.70. The third-order valence-corrected chi connectivity index (χ3v) is 16.2. The number of anilines is 6. The zero-order chi connectivity index (χ0) is 47.6. The van der Waals surface area contributed by atoms with Gasteiger partial charge in [0.05, 0.1) is 24.7 Å². The lowest BCUT2D eigenvalue weighted by atomic mass is 9.78. The molecule has 14 nitrogen and oxygen atoms in total. The first-order valence-corrected chi connectivity index (χ1v) is 27.7. The van der Waals surface area contributed by atoms with Gasteiger partial charge in [0.2, 0.25) is 17.8 Å². The molecule has 1 aromatic heterocycles. The number of hydrogen-bond acceptors (Lipinski definition) is 13. The van der Waals surface area contributed by atoms with E-state index in [1.165, 1.54) is 32.2 Å². The normalized spacial score (nSPS) is 19.6. The van der Waals surface area contributed by atoms with Crippen LogP contribution in [0.15, 0.2) is 66.9 Å². The van der Waals surface area contributed by atoms with Gasteiger partial charge in [-0.15, -0.1) is 0 Å². The highest BCUT2D eigenvalue weighted by Crippen LogP contribution is 2.40. The summed E-state index contributed by atoms with van der Waals surface area (Å²) in [5.41, 5.74) is 5.63. The van der Waals surface area contributed by atoms with E-state index in [0.717, 1.165) is 118 Å². The summed E-state index contributed by atoms with van der Waals surface area (Å²) in [6.07, 6.45) is 13.8. The van der Waals surface area contributed by atoms with E-state index in [4.69, 9.17) is 16.3 Å². The standard InChI is InChI=1S/C52H69ClN9O5P/c1-67-47-34-39(19-20-44(47)57-52-55-35-42(53)50(59-52)56-45-13-7-8-15-48(45)68(2,3)66)61-26-22-38(23-27-61)62-30-28-60(29-31-62)25-10-6-4-5-9-24-54-43-14-11-12-40-41(43)32-36(33-46(40)63)16-17-37-18-21-49(64)58-51(37)65/h7-8,11-15,19-20,34-38,54H,4-6,9-10,16-18,21-33H2,1-3H3,(H,58,64,65)(H2,55,56,57,59). The number of piperidine rings is 2. The van der Waals surface area contributed by atoms with Crippen LogP contribution < -0.4 is 36.2 Å². The Balaban J connectivity index is 0.708. The van der Waals surface area contributed by atoms with Gasteiger partial charge in [-0.2, -0.15) is 4.98 Å². The number of nitrogens with one attached hydrogen (secondary N) is 4. The van der Waals surface area contributed by atoms with Gasteiger partial charge < -0.3 is 35.1 Å². The predicted octanol–water partition coefficient (Wildman–Crippen LogP) is 9.10. The quantitative estimate of drug-likeness (QED) is 0.0378. The molecule has 0 saturated carbocycles. The Morgan fingerprint density at radius 2 is 1.59 bits per heavy atom. The van der Waals surface area contributed by atoms with Crippen molar-refractivity contribution in [3.8, 4) is 5.75 Å². The fourth-order valence-corrected chi connectivity index (χ4v) is 11.8. The highest BCUT2D eigenvalue weighted by atomic mass is 35.5. The van der Waals surface area contributed by atoms with Crippen molar-refractivity contribution < 1.29 is 23.7 Å². The maximum absolute atomic E-state index is 13.1. The third-order valence-electron chi connectivity index (χ3n) is 14.4. The molecule has 3 fully saturated rings. The molecule has 3 aliphatic heterocycles. The molecule has 16 heteroatoms. The lowest BCUT2D eigenvalue weighted by Gasteiger charge is -2.43. The number of nitrogens with zero attached hydrogens (tertiary/aromatic N) is 5. The van der Waals surface area contributed by atoms with Crippen molar-refractivity contribution in [2.45, 2.75) is 89.5 Å². The Bertz CT molecular complexity index is 2450. The summed E-state index contributed by atoms with van der Waals surface area (Å²) < 4.78 is 18.8. The number of rotatable bonds is 20. The lowest BCUT2D eigenvalue weighted by molar-refractivity contribution is -0.136. The van der Waals surface area contributed by atoms with Crippen LogP contribution in [0.25, 0.3) is 0 Å². The number of aromatic nitrogens is 2. The number of Topliss-reactive ketones (excluding diaryl/α,β-unsaturated/α-hetero) is 1. The van der Waals surface area contributed by atoms with Gasteiger partial charge in [-0.1, -0.05) is 55.1 Å². The molecule has 8 rings (SSSR count). The van der Waals surface area contributed by atoms with Gasteiger partial charge in [0.1, 0.15) is 17.9 Å². The number of halogens is 1. The van der Waals surface area contributed by atoms with Crippen LogP contribution in [0, 0.1) is 11.8 Å². The number of unbranched alkanes of at least 4 members (excludes halogenated alkanes) is 4. The fourth-order valence-electron chi connectivity index (χ4n) is 10.5. The van der Waals surface area contributed by atoms with E-state index in [2.05, 4.69) is 64.1 Å².